The van der Waals surface area contributed by atoms with Gasteiger partial charge in [0.2, 0.25) is 0 Å². The van der Waals surface area contributed by atoms with Crippen LogP contribution in [0.5, 0.6) is 0 Å². The van der Waals surface area contributed by atoms with Crippen molar-refractivity contribution in [2.75, 3.05) is 0 Å². The topological polar surface area (TPSA) is 62.2 Å². The lowest BCUT2D eigenvalue weighted by Crippen LogP contribution is -2.38. The summed E-state index contributed by atoms with van der Waals surface area (Å²) in [4.78, 5) is 17.4. The van der Waals surface area contributed by atoms with Crippen LogP contribution >= 0.6 is 11.3 Å². The van der Waals surface area contributed by atoms with Crippen LogP contribution in [0.15, 0.2) is 35.8 Å². The summed E-state index contributed by atoms with van der Waals surface area (Å²) in [5, 5.41) is 12.6. The molecule has 1 saturated carbocycles. The molecule has 1 amide bonds. The van der Waals surface area contributed by atoms with E-state index in [1.165, 1.54) is 11.3 Å². The summed E-state index contributed by atoms with van der Waals surface area (Å²) in [6.07, 6.45) is 3.00. The summed E-state index contributed by atoms with van der Waals surface area (Å²) in [5.74, 6) is -0.0576. The maximum Gasteiger partial charge on any atom is 0.263 e. The number of amides is 1. The van der Waals surface area contributed by atoms with Gasteiger partial charge in [0.1, 0.15) is 4.88 Å². The molecule has 2 N–H and O–H groups in total. The Bertz CT molecular complexity index is 604. The molecule has 0 spiro atoms. The molecule has 0 atom stereocenters. The van der Waals surface area contributed by atoms with E-state index >= 15 is 0 Å². The Labute approximate surface area is 127 Å². The largest absolute Gasteiger partial charge is 0.393 e. The van der Waals surface area contributed by atoms with Crippen LogP contribution in [0, 0.1) is 0 Å². The monoisotopic (exact) mass is 302 g/mol. The minimum Gasteiger partial charge on any atom is -0.393 e. The van der Waals surface area contributed by atoms with Crippen LogP contribution in [0.2, 0.25) is 0 Å². The number of aliphatic hydroxyl groups is 1. The number of hydrogen-bond acceptors (Lipinski definition) is 4. The van der Waals surface area contributed by atoms with Gasteiger partial charge in [-0.05, 0) is 25.7 Å². The molecule has 110 valence electrons. The molecule has 3 rings (SSSR count). The number of carbonyl (C=O) groups is 1. The smallest absolute Gasteiger partial charge is 0.263 e. The Hall–Kier alpha value is -1.72. The third-order valence-corrected chi connectivity index (χ3v) is 4.68. The lowest BCUT2D eigenvalue weighted by molar-refractivity contribution is 0.0871. The standard InChI is InChI=1S/C16H18N2O2S/c19-13-8-6-12(7-9-13)18-16(20)15-14(17-10-21-15)11-4-2-1-3-5-11/h1-5,10,12-13,19H,6-9H2,(H,18,20). The molecule has 0 unspecified atom stereocenters. The first kappa shape index (κ1) is 14.2. The maximum absolute atomic E-state index is 12.4. The predicted molar refractivity (Wildman–Crippen MR) is 83.3 cm³/mol. The van der Waals surface area contributed by atoms with Crippen molar-refractivity contribution in [1.82, 2.24) is 10.3 Å². The lowest BCUT2D eigenvalue weighted by atomic mass is 9.93. The summed E-state index contributed by atoms with van der Waals surface area (Å²) in [5.41, 5.74) is 3.42. The van der Waals surface area contributed by atoms with Crippen LogP contribution in [-0.2, 0) is 0 Å². The zero-order valence-corrected chi connectivity index (χ0v) is 12.5. The summed E-state index contributed by atoms with van der Waals surface area (Å²) in [7, 11) is 0. The second-order valence-electron chi connectivity index (χ2n) is 5.38. The van der Waals surface area contributed by atoms with E-state index in [2.05, 4.69) is 10.3 Å². The normalized spacial score (nSPS) is 22.0. The highest BCUT2D eigenvalue weighted by atomic mass is 32.1. The number of nitrogens with zero attached hydrogens (tertiary/aromatic N) is 1. The number of benzene rings is 1. The molecule has 0 saturated heterocycles. The van der Waals surface area contributed by atoms with Gasteiger partial charge >= 0.3 is 0 Å². The molecule has 2 aromatic rings. The van der Waals surface area contributed by atoms with Crippen LogP contribution < -0.4 is 5.32 Å². The maximum atomic E-state index is 12.4. The zero-order chi connectivity index (χ0) is 14.7. The molecule has 1 aromatic heterocycles. The number of rotatable bonds is 3. The Morgan fingerprint density at radius 3 is 2.62 bits per heavy atom. The van der Waals surface area contributed by atoms with E-state index in [1.54, 1.807) is 5.51 Å². The molecule has 21 heavy (non-hydrogen) atoms. The summed E-state index contributed by atoms with van der Waals surface area (Å²) in [6, 6.07) is 9.92. The summed E-state index contributed by atoms with van der Waals surface area (Å²) in [6.45, 7) is 0. The van der Waals surface area contributed by atoms with E-state index in [0.29, 0.717) is 4.88 Å². The lowest BCUT2D eigenvalue weighted by Gasteiger charge is -2.26. The highest BCUT2D eigenvalue weighted by molar-refractivity contribution is 7.12. The van der Waals surface area contributed by atoms with Crippen molar-refractivity contribution < 1.29 is 9.90 Å². The Morgan fingerprint density at radius 2 is 1.90 bits per heavy atom. The molecule has 1 fully saturated rings. The van der Waals surface area contributed by atoms with Crippen molar-refractivity contribution in [3.63, 3.8) is 0 Å². The predicted octanol–water partition coefficient (Wildman–Crippen LogP) is 2.84. The van der Waals surface area contributed by atoms with Crippen LogP contribution in [0.25, 0.3) is 11.3 Å². The zero-order valence-electron chi connectivity index (χ0n) is 11.7. The van der Waals surface area contributed by atoms with Crippen LogP contribution in [0.3, 0.4) is 0 Å². The van der Waals surface area contributed by atoms with E-state index in [-0.39, 0.29) is 18.1 Å². The Morgan fingerprint density at radius 1 is 1.19 bits per heavy atom. The van der Waals surface area contributed by atoms with Gasteiger partial charge in [-0.25, -0.2) is 4.98 Å². The highest BCUT2D eigenvalue weighted by Gasteiger charge is 2.23. The van der Waals surface area contributed by atoms with E-state index < -0.39 is 0 Å². The third kappa shape index (κ3) is 3.31. The number of hydrogen-bond donors (Lipinski definition) is 2. The first-order valence-corrected chi connectivity index (χ1v) is 8.10. The van der Waals surface area contributed by atoms with Gasteiger partial charge < -0.3 is 10.4 Å². The number of thiazole rings is 1. The van der Waals surface area contributed by atoms with E-state index in [0.717, 1.165) is 36.9 Å². The second kappa shape index (κ2) is 6.37. The summed E-state index contributed by atoms with van der Waals surface area (Å²) >= 11 is 1.37. The van der Waals surface area contributed by atoms with Crippen LogP contribution in [0.1, 0.15) is 35.4 Å². The van der Waals surface area contributed by atoms with Crippen LogP contribution in [0.4, 0.5) is 0 Å². The number of aromatic nitrogens is 1. The van der Waals surface area contributed by atoms with Gasteiger partial charge in [-0.3, -0.25) is 4.79 Å². The highest BCUT2D eigenvalue weighted by Crippen LogP contribution is 2.26. The molecule has 1 aliphatic carbocycles. The van der Waals surface area contributed by atoms with Crippen LogP contribution in [-0.4, -0.2) is 28.1 Å². The first-order valence-electron chi connectivity index (χ1n) is 7.22. The van der Waals surface area contributed by atoms with E-state index in [4.69, 9.17) is 0 Å². The summed E-state index contributed by atoms with van der Waals surface area (Å²) < 4.78 is 0. The average molecular weight is 302 g/mol. The first-order chi connectivity index (χ1) is 10.2. The van der Waals surface area contributed by atoms with Gasteiger partial charge in [0.05, 0.1) is 17.3 Å². The third-order valence-electron chi connectivity index (χ3n) is 3.85. The molecule has 1 heterocycles. The SMILES string of the molecule is O=C(NC1CCC(O)CC1)c1scnc1-c1ccccc1. The van der Waals surface area contributed by atoms with E-state index in [1.807, 2.05) is 30.3 Å². The van der Waals surface area contributed by atoms with Gasteiger partial charge in [-0.15, -0.1) is 11.3 Å². The van der Waals surface area contributed by atoms with Crippen molar-refractivity contribution in [3.05, 3.63) is 40.7 Å². The number of aliphatic hydroxyl groups excluding tert-OH is 1. The molecular formula is C16H18N2O2S. The molecule has 0 bridgehead atoms. The van der Waals surface area contributed by atoms with Gasteiger partial charge in [-0.2, -0.15) is 0 Å². The van der Waals surface area contributed by atoms with Crippen molar-refractivity contribution in [2.24, 2.45) is 0 Å². The quantitative estimate of drug-likeness (QED) is 0.916. The molecular weight excluding hydrogens is 284 g/mol. The van der Waals surface area contributed by atoms with Crippen molar-refractivity contribution in [2.45, 2.75) is 37.8 Å². The van der Waals surface area contributed by atoms with Gasteiger partial charge in [0, 0.05) is 11.6 Å². The molecule has 0 aliphatic heterocycles. The minimum absolute atomic E-state index is 0.0576. The average Bonchev–Trinajstić information content (AvgIpc) is 3.00. The van der Waals surface area contributed by atoms with Crippen molar-refractivity contribution in [1.29, 1.82) is 0 Å². The second-order valence-corrected chi connectivity index (χ2v) is 6.23. The van der Waals surface area contributed by atoms with Gasteiger partial charge in [0.25, 0.3) is 5.91 Å². The molecule has 0 radical (unpaired) electrons. The number of carbonyl (C=O) groups excluding carboxylic acids is 1. The van der Waals surface area contributed by atoms with Crippen molar-refractivity contribution in [3.8, 4) is 11.3 Å². The molecule has 5 heteroatoms. The Kier molecular flexibility index (Phi) is 4.31. The fourth-order valence-electron chi connectivity index (χ4n) is 2.68. The minimum atomic E-state index is -0.207. The fourth-order valence-corrected chi connectivity index (χ4v) is 3.39. The molecule has 1 aromatic carbocycles. The molecule has 1 aliphatic rings. The fraction of sp³-hybridized carbons (Fsp3) is 0.375. The number of nitrogens with one attached hydrogen (secondary N) is 1. The van der Waals surface area contributed by atoms with Gasteiger partial charge in [0.15, 0.2) is 0 Å². The van der Waals surface area contributed by atoms with Crippen molar-refractivity contribution >= 4 is 17.2 Å². The van der Waals surface area contributed by atoms with E-state index in [9.17, 15) is 9.90 Å². The molecule has 4 nitrogen and oxygen atoms in total. The van der Waals surface area contributed by atoms with Gasteiger partial charge in [-0.1, -0.05) is 30.3 Å². The Balaban J connectivity index is 1.73.